The molecule has 0 spiro atoms. The van der Waals surface area contributed by atoms with Gasteiger partial charge in [0.1, 0.15) is 5.82 Å². The fourth-order valence-electron chi connectivity index (χ4n) is 3.10. The normalized spacial score (nSPS) is 17.4. The van der Waals surface area contributed by atoms with E-state index in [0.29, 0.717) is 6.04 Å². The van der Waals surface area contributed by atoms with Crippen LogP contribution in [-0.2, 0) is 6.42 Å². The van der Waals surface area contributed by atoms with Gasteiger partial charge in [-0.15, -0.1) is 0 Å². The van der Waals surface area contributed by atoms with E-state index in [2.05, 4.69) is 31.4 Å². The third kappa shape index (κ3) is 3.41. The van der Waals surface area contributed by atoms with Crippen LogP contribution in [0.1, 0.15) is 51.9 Å². The molecule has 1 aromatic carbocycles. The van der Waals surface area contributed by atoms with Crippen molar-refractivity contribution < 1.29 is 0 Å². The maximum absolute atomic E-state index is 6.35. The number of hydrogen-bond donors (Lipinski definition) is 1. The van der Waals surface area contributed by atoms with Gasteiger partial charge in [0.15, 0.2) is 0 Å². The first-order chi connectivity index (χ1) is 9.83. The number of benzene rings is 1. The number of hydrogen-bond acceptors (Lipinski definition) is 2. The third-order valence-corrected chi connectivity index (χ3v) is 4.19. The Balaban J connectivity index is 1.92. The van der Waals surface area contributed by atoms with Crippen molar-refractivity contribution in [1.82, 2.24) is 9.55 Å². The second-order valence-electron chi connectivity index (χ2n) is 7.49. The molecule has 4 heteroatoms. The standard InChI is InChI=1S/C17H24ClN3/c1-17(2,3)10-12(19)9-16-20-14-8-11(18)4-7-15(14)21(16)13-5-6-13/h4,7-8,12-13H,5-6,9-10,19H2,1-3H3. The first-order valence-corrected chi connectivity index (χ1v) is 8.13. The van der Waals surface area contributed by atoms with Gasteiger partial charge in [-0.25, -0.2) is 4.98 Å². The van der Waals surface area contributed by atoms with Gasteiger partial charge in [0.25, 0.3) is 0 Å². The molecule has 3 rings (SSSR count). The Morgan fingerprint density at radius 2 is 2.10 bits per heavy atom. The van der Waals surface area contributed by atoms with Crippen molar-refractivity contribution >= 4 is 22.6 Å². The number of nitrogens with two attached hydrogens (primary N) is 1. The second kappa shape index (κ2) is 5.29. The van der Waals surface area contributed by atoms with E-state index in [-0.39, 0.29) is 11.5 Å². The third-order valence-electron chi connectivity index (χ3n) is 3.96. The predicted molar refractivity (Wildman–Crippen MR) is 88.8 cm³/mol. The van der Waals surface area contributed by atoms with Crippen LogP contribution < -0.4 is 5.73 Å². The van der Waals surface area contributed by atoms with Crippen LogP contribution in [0.25, 0.3) is 11.0 Å². The Morgan fingerprint density at radius 3 is 2.71 bits per heavy atom. The molecular weight excluding hydrogens is 282 g/mol. The van der Waals surface area contributed by atoms with Crippen LogP contribution in [0.5, 0.6) is 0 Å². The molecule has 0 saturated heterocycles. The molecule has 1 aliphatic carbocycles. The van der Waals surface area contributed by atoms with Crippen molar-refractivity contribution in [3.05, 3.63) is 29.0 Å². The number of halogens is 1. The van der Waals surface area contributed by atoms with Crippen LogP contribution in [0.15, 0.2) is 18.2 Å². The smallest absolute Gasteiger partial charge is 0.111 e. The minimum atomic E-state index is 0.148. The summed E-state index contributed by atoms with van der Waals surface area (Å²) >= 11 is 6.09. The Labute approximate surface area is 131 Å². The van der Waals surface area contributed by atoms with E-state index in [0.717, 1.165) is 29.2 Å². The zero-order valence-corrected chi connectivity index (χ0v) is 13.8. The molecule has 0 radical (unpaired) electrons. The van der Waals surface area contributed by atoms with E-state index in [1.54, 1.807) is 0 Å². The molecule has 21 heavy (non-hydrogen) atoms. The van der Waals surface area contributed by atoms with E-state index in [4.69, 9.17) is 22.3 Å². The highest BCUT2D eigenvalue weighted by Gasteiger charge is 2.29. The number of fused-ring (bicyclic) bond motifs is 1. The minimum absolute atomic E-state index is 0.148. The van der Waals surface area contributed by atoms with Crippen LogP contribution in [0, 0.1) is 5.41 Å². The summed E-state index contributed by atoms with van der Waals surface area (Å²) in [6.45, 7) is 6.70. The SMILES string of the molecule is CC(C)(C)CC(N)Cc1nc2cc(Cl)ccc2n1C1CC1. The van der Waals surface area contributed by atoms with Crippen LogP contribution >= 0.6 is 11.6 Å². The molecule has 2 N–H and O–H groups in total. The van der Waals surface area contributed by atoms with Gasteiger partial charge in [0.05, 0.1) is 11.0 Å². The summed E-state index contributed by atoms with van der Waals surface area (Å²) in [4.78, 5) is 4.80. The molecule has 1 saturated carbocycles. The van der Waals surface area contributed by atoms with Gasteiger partial charge in [-0.3, -0.25) is 0 Å². The van der Waals surface area contributed by atoms with Crippen molar-refractivity contribution in [2.45, 2.75) is 58.5 Å². The molecule has 1 heterocycles. The van der Waals surface area contributed by atoms with Crippen LogP contribution in [0.2, 0.25) is 5.02 Å². The Hall–Kier alpha value is -1.06. The van der Waals surface area contributed by atoms with Crippen LogP contribution in [0.3, 0.4) is 0 Å². The van der Waals surface area contributed by atoms with E-state index < -0.39 is 0 Å². The lowest BCUT2D eigenvalue weighted by molar-refractivity contribution is 0.335. The van der Waals surface area contributed by atoms with Gasteiger partial charge in [0, 0.05) is 23.5 Å². The quantitative estimate of drug-likeness (QED) is 0.913. The molecule has 1 atom stereocenters. The lowest BCUT2D eigenvalue weighted by Gasteiger charge is -2.23. The predicted octanol–water partition coefficient (Wildman–Crippen LogP) is 4.33. The Bertz CT molecular complexity index is 650. The molecule has 2 aromatic rings. The van der Waals surface area contributed by atoms with Crippen molar-refractivity contribution in [3.8, 4) is 0 Å². The van der Waals surface area contributed by atoms with Gasteiger partial charge in [0.2, 0.25) is 0 Å². The van der Waals surface area contributed by atoms with E-state index in [1.165, 1.54) is 18.4 Å². The van der Waals surface area contributed by atoms with Crippen molar-refractivity contribution in [1.29, 1.82) is 0 Å². The first kappa shape index (κ1) is 14.9. The van der Waals surface area contributed by atoms with Gasteiger partial charge in [-0.2, -0.15) is 0 Å². The van der Waals surface area contributed by atoms with Crippen molar-refractivity contribution in [2.75, 3.05) is 0 Å². The largest absolute Gasteiger partial charge is 0.327 e. The average molecular weight is 306 g/mol. The number of rotatable bonds is 4. The Morgan fingerprint density at radius 1 is 1.38 bits per heavy atom. The van der Waals surface area contributed by atoms with E-state index in [1.807, 2.05) is 12.1 Å². The summed E-state index contributed by atoms with van der Waals surface area (Å²) < 4.78 is 2.38. The highest BCUT2D eigenvalue weighted by molar-refractivity contribution is 6.31. The number of imidazole rings is 1. The lowest BCUT2D eigenvalue weighted by atomic mass is 9.87. The monoisotopic (exact) mass is 305 g/mol. The van der Waals surface area contributed by atoms with Crippen LogP contribution in [0.4, 0.5) is 0 Å². The summed E-state index contributed by atoms with van der Waals surface area (Å²) in [6.07, 6.45) is 4.33. The summed E-state index contributed by atoms with van der Waals surface area (Å²) in [5.41, 5.74) is 8.79. The fourth-order valence-corrected chi connectivity index (χ4v) is 3.27. The number of aromatic nitrogens is 2. The zero-order chi connectivity index (χ0) is 15.2. The summed E-state index contributed by atoms with van der Waals surface area (Å²) in [5, 5.41) is 0.744. The van der Waals surface area contributed by atoms with Gasteiger partial charge >= 0.3 is 0 Å². The molecule has 0 aliphatic heterocycles. The maximum Gasteiger partial charge on any atom is 0.111 e. The number of nitrogens with zero attached hydrogens (tertiary/aromatic N) is 2. The van der Waals surface area contributed by atoms with Crippen molar-refractivity contribution in [2.24, 2.45) is 11.1 Å². The summed E-state index contributed by atoms with van der Waals surface area (Å²) in [6, 6.07) is 6.74. The van der Waals surface area contributed by atoms with Gasteiger partial charge in [-0.1, -0.05) is 32.4 Å². The highest BCUT2D eigenvalue weighted by atomic mass is 35.5. The molecule has 1 unspecified atom stereocenters. The molecule has 114 valence electrons. The van der Waals surface area contributed by atoms with Gasteiger partial charge in [-0.05, 0) is 42.9 Å². The average Bonchev–Trinajstić information content (AvgIpc) is 3.09. The second-order valence-corrected chi connectivity index (χ2v) is 7.93. The fraction of sp³-hybridized carbons (Fsp3) is 0.588. The van der Waals surface area contributed by atoms with E-state index in [9.17, 15) is 0 Å². The molecular formula is C17H24ClN3. The molecule has 0 amide bonds. The summed E-state index contributed by atoms with van der Waals surface area (Å²) in [5.74, 6) is 1.12. The zero-order valence-electron chi connectivity index (χ0n) is 13.1. The highest BCUT2D eigenvalue weighted by Crippen LogP contribution is 2.39. The maximum atomic E-state index is 6.35. The topological polar surface area (TPSA) is 43.8 Å². The lowest BCUT2D eigenvalue weighted by Crippen LogP contribution is -2.29. The van der Waals surface area contributed by atoms with E-state index >= 15 is 0 Å². The molecule has 1 aromatic heterocycles. The Kier molecular flexibility index (Phi) is 3.74. The minimum Gasteiger partial charge on any atom is -0.327 e. The molecule has 1 fully saturated rings. The molecule has 0 bridgehead atoms. The van der Waals surface area contributed by atoms with Crippen LogP contribution in [-0.4, -0.2) is 15.6 Å². The first-order valence-electron chi connectivity index (χ1n) is 7.75. The molecule has 3 nitrogen and oxygen atoms in total. The summed E-state index contributed by atoms with van der Waals surface area (Å²) in [7, 11) is 0. The van der Waals surface area contributed by atoms with Crippen molar-refractivity contribution in [3.63, 3.8) is 0 Å². The van der Waals surface area contributed by atoms with Gasteiger partial charge < -0.3 is 10.3 Å². The molecule has 1 aliphatic rings.